The van der Waals surface area contributed by atoms with Crippen LogP contribution in [0, 0.1) is 0 Å². The van der Waals surface area contributed by atoms with Gasteiger partial charge in [-0.3, -0.25) is 4.79 Å². The average molecular weight is 201 g/mol. The first-order valence-electron chi connectivity index (χ1n) is 5.25. The third kappa shape index (κ3) is 4.58. The van der Waals surface area contributed by atoms with Crippen molar-refractivity contribution in [3.05, 3.63) is 0 Å². The number of carbonyl (C=O) groups excluding carboxylic acids is 1. The van der Waals surface area contributed by atoms with Gasteiger partial charge in [-0.15, -0.1) is 0 Å². The molecule has 1 amide bonds. The van der Waals surface area contributed by atoms with Gasteiger partial charge in [0, 0.05) is 13.2 Å². The maximum absolute atomic E-state index is 11.3. The van der Waals surface area contributed by atoms with Crippen molar-refractivity contribution >= 4 is 5.91 Å². The van der Waals surface area contributed by atoms with Crippen LogP contribution in [0.15, 0.2) is 0 Å². The van der Waals surface area contributed by atoms with Gasteiger partial charge in [0.05, 0.1) is 18.6 Å². The van der Waals surface area contributed by atoms with Crippen molar-refractivity contribution in [2.45, 2.75) is 44.8 Å². The van der Waals surface area contributed by atoms with Crippen LogP contribution in [0.1, 0.15) is 32.6 Å². The Kier molecular flexibility index (Phi) is 4.90. The topological polar surface area (TPSA) is 58.6 Å². The second-order valence-corrected chi connectivity index (χ2v) is 3.85. The summed E-state index contributed by atoms with van der Waals surface area (Å²) in [6.07, 6.45) is 3.25. The minimum atomic E-state index is -0.480. The molecule has 1 heterocycles. The Morgan fingerprint density at radius 2 is 2.43 bits per heavy atom. The Morgan fingerprint density at radius 1 is 1.64 bits per heavy atom. The van der Waals surface area contributed by atoms with E-state index in [2.05, 4.69) is 5.32 Å². The van der Waals surface area contributed by atoms with E-state index in [-0.39, 0.29) is 12.0 Å². The van der Waals surface area contributed by atoms with E-state index in [4.69, 9.17) is 9.84 Å². The maximum atomic E-state index is 11.3. The quantitative estimate of drug-likeness (QED) is 0.694. The molecule has 0 aromatic rings. The summed E-state index contributed by atoms with van der Waals surface area (Å²) in [6.45, 7) is 2.75. The van der Waals surface area contributed by atoms with Crippen LogP contribution < -0.4 is 5.32 Å². The number of hydrogen-bond acceptors (Lipinski definition) is 3. The number of amides is 1. The summed E-state index contributed by atoms with van der Waals surface area (Å²) in [5.41, 5.74) is 0. The van der Waals surface area contributed by atoms with Crippen molar-refractivity contribution in [1.29, 1.82) is 0 Å². The summed E-state index contributed by atoms with van der Waals surface area (Å²) in [4.78, 5) is 11.3. The van der Waals surface area contributed by atoms with E-state index in [0.29, 0.717) is 13.0 Å². The molecule has 0 radical (unpaired) electrons. The van der Waals surface area contributed by atoms with Crippen molar-refractivity contribution in [3.8, 4) is 0 Å². The highest BCUT2D eigenvalue weighted by atomic mass is 16.5. The van der Waals surface area contributed by atoms with Crippen LogP contribution in [0.2, 0.25) is 0 Å². The standard InChI is InChI=1S/C10H19NO3/c1-8(12)7-11-10(13)6-9-4-2-3-5-14-9/h8-9,12H,2-7H2,1H3,(H,11,13). The van der Waals surface area contributed by atoms with Gasteiger partial charge in [-0.05, 0) is 26.2 Å². The molecule has 2 atom stereocenters. The molecule has 82 valence electrons. The van der Waals surface area contributed by atoms with E-state index in [1.165, 1.54) is 0 Å². The van der Waals surface area contributed by atoms with Crippen molar-refractivity contribution < 1.29 is 14.6 Å². The van der Waals surface area contributed by atoms with Crippen LogP contribution in [0.5, 0.6) is 0 Å². The van der Waals surface area contributed by atoms with Gasteiger partial charge in [0.2, 0.25) is 5.91 Å². The number of ether oxygens (including phenoxy) is 1. The zero-order valence-electron chi connectivity index (χ0n) is 8.66. The molecular formula is C10H19NO3. The van der Waals surface area contributed by atoms with Crippen LogP contribution in [0.3, 0.4) is 0 Å². The van der Waals surface area contributed by atoms with Crippen molar-refractivity contribution in [3.63, 3.8) is 0 Å². The van der Waals surface area contributed by atoms with Crippen molar-refractivity contribution in [2.75, 3.05) is 13.2 Å². The first kappa shape index (κ1) is 11.5. The van der Waals surface area contributed by atoms with Crippen LogP contribution in [0.4, 0.5) is 0 Å². The Morgan fingerprint density at radius 3 is 3.00 bits per heavy atom. The molecule has 0 spiro atoms. The van der Waals surface area contributed by atoms with Gasteiger partial charge in [-0.25, -0.2) is 0 Å². The summed E-state index contributed by atoms with van der Waals surface area (Å²) in [7, 11) is 0. The van der Waals surface area contributed by atoms with E-state index < -0.39 is 6.10 Å². The first-order chi connectivity index (χ1) is 6.68. The van der Waals surface area contributed by atoms with Crippen molar-refractivity contribution in [2.24, 2.45) is 0 Å². The normalized spacial score (nSPS) is 24.3. The summed E-state index contributed by atoms with van der Waals surface area (Å²) >= 11 is 0. The zero-order chi connectivity index (χ0) is 10.4. The molecule has 0 aliphatic carbocycles. The summed E-state index contributed by atoms with van der Waals surface area (Å²) in [5.74, 6) is -0.0298. The lowest BCUT2D eigenvalue weighted by Crippen LogP contribution is -2.34. The fourth-order valence-corrected chi connectivity index (χ4v) is 1.51. The summed E-state index contributed by atoms with van der Waals surface area (Å²) in [6, 6.07) is 0. The van der Waals surface area contributed by atoms with E-state index >= 15 is 0 Å². The lowest BCUT2D eigenvalue weighted by atomic mass is 10.1. The van der Waals surface area contributed by atoms with Crippen LogP contribution in [-0.4, -0.2) is 36.4 Å². The predicted molar refractivity (Wildman–Crippen MR) is 52.9 cm³/mol. The van der Waals surface area contributed by atoms with Gasteiger partial charge >= 0.3 is 0 Å². The van der Waals surface area contributed by atoms with Crippen LogP contribution >= 0.6 is 0 Å². The van der Waals surface area contributed by atoms with Gasteiger partial charge in [-0.1, -0.05) is 0 Å². The second-order valence-electron chi connectivity index (χ2n) is 3.85. The molecule has 1 fully saturated rings. The molecule has 14 heavy (non-hydrogen) atoms. The highest BCUT2D eigenvalue weighted by molar-refractivity contribution is 5.76. The third-order valence-corrected chi connectivity index (χ3v) is 2.28. The molecule has 4 nitrogen and oxygen atoms in total. The average Bonchev–Trinajstić information content (AvgIpc) is 2.16. The molecule has 1 aliphatic heterocycles. The molecule has 2 unspecified atom stereocenters. The molecule has 0 bridgehead atoms. The second kappa shape index (κ2) is 5.98. The lowest BCUT2D eigenvalue weighted by Gasteiger charge is -2.22. The third-order valence-electron chi connectivity index (χ3n) is 2.28. The number of carbonyl (C=O) groups is 1. The molecule has 1 aliphatic rings. The molecule has 4 heteroatoms. The highest BCUT2D eigenvalue weighted by Crippen LogP contribution is 2.15. The van der Waals surface area contributed by atoms with Gasteiger partial charge in [0.15, 0.2) is 0 Å². The molecule has 0 aromatic heterocycles. The van der Waals surface area contributed by atoms with Crippen LogP contribution in [-0.2, 0) is 9.53 Å². The number of aliphatic hydroxyl groups is 1. The molecule has 1 rings (SSSR count). The Bertz CT molecular complexity index is 176. The maximum Gasteiger partial charge on any atom is 0.222 e. The number of aliphatic hydroxyl groups excluding tert-OH is 1. The molecule has 1 saturated heterocycles. The minimum Gasteiger partial charge on any atom is -0.392 e. The van der Waals surface area contributed by atoms with E-state index in [1.807, 2.05) is 0 Å². The molecular weight excluding hydrogens is 182 g/mol. The Labute approximate surface area is 84.6 Å². The highest BCUT2D eigenvalue weighted by Gasteiger charge is 2.17. The van der Waals surface area contributed by atoms with E-state index in [0.717, 1.165) is 25.9 Å². The van der Waals surface area contributed by atoms with Gasteiger partial charge in [0.25, 0.3) is 0 Å². The number of nitrogens with one attached hydrogen (secondary N) is 1. The lowest BCUT2D eigenvalue weighted by molar-refractivity contribution is -0.125. The number of hydrogen-bond donors (Lipinski definition) is 2. The largest absolute Gasteiger partial charge is 0.392 e. The fourth-order valence-electron chi connectivity index (χ4n) is 1.51. The number of rotatable bonds is 4. The van der Waals surface area contributed by atoms with Crippen LogP contribution in [0.25, 0.3) is 0 Å². The SMILES string of the molecule is CC(O)CNC(=O)CC1CCCCO1. The van der Waals surface area contributed by atoms with Gasteiger partial charge < -0.3 is 15.2 Å². The van der Waals surface area contributed by atoms with E-state index in [1.54, 1.807) is 6.92 Å². The minimum absolute atomic E-state index is 0.0298. The molecule has 2 N–H and O–H groups in total. The molecule has 0 aromatic carbocycles. The first-order valence-corrected chi connectivity index (χ1v) is 5.25. The van der Waals surface area contributed by atoms with Gasteiger partial charge in [0.1, 0.15) is 0 Å². The zero-order valence-corrected chi connectivity index (χ0v) is 8.66. The monoisotopic (exact) mass is 201 g/mol. The van der Waals surface area contributed by atoms with Crippen molar-refractivity contribution in [1.82, 2.24) is 5.32 Å². The predicted octanol–water partition coefficient (Wildman–Crippen LogP) is 0.443. The smallest absolute Gasteiger partial charge is 0.222 e. The summed E-state index contributed by atoms with van der Waals surface area (Å²) in [5, 5.41) is 11.6. The summed E-state index contributed by atoms with van der Waals surface area (Å²) < 4.78 is 5.43. The fraction of sp³-hybridized carbons (Fsp3) is 0.900. The molecule has 0 saturated carbocycles. The Hall–Kier alpha value is -0.610. The Balaban J connectivity index is 2.12. The van der Waals surface area contributed by atoms with E-state index in [9.17, 15) is 4.79 Å². The van der Waals surface area contributed by atoms with Gasteiger partial charge in [-0.2, -0.15) is 0 Å².